The lowest BCUT2D eigenvalue weighted by Gasteiger charge is -2.28. The van der Waals surface area contributed by atoms with Gasteiger partial charge in [0.05, 0.1) is 23.3 Å². The Hall–Kier alpha value is -2.42. The number of hydrogen-bond donors (Lipinski definition) is 2. The van der Waals surface area contributed by atoms with E-state index in [-0.39, 0.29) is 18.4 Å². The molecule has 3 aromatic rings. The number of methoxy groups -OCH3 is 1. The largest absolute Gasteiger partial charge is 0.382 e. The SMILES string of the molecule is COCC(NC(=O)c1ccc(N2CCCCC2=O)c(Br)c1)c1nc2ccc(Cl)cc2[nH]1. The van der Waals surface area contributed by atoms with Crippen molar-refractivity contribution in [2.45, 2.75) is 25.3 Å². The maximum atomic E-state index is 12.9. The number of anilines is 1. The van der Waals surface area contributed by atoms with E-state index in [9.17, 15) is 9.59 Å². The summed E-state index contributed by atoms with van der Waals surface area (Å²) >= 11 is 9.58. The Morgan fingerprint density at radius 3 is 2.90 bits per heavy atom. The first-order valence-corrected chi connectivity index (χ1v) is 11.2. The molecule has 2 amide bonds. The van der Waals surface area contributed by atoms with Gasteiger partial charge in [0.15, 0.2) is 0 Å². The molecule has 9 heteroatoms. The molecule has 1 aromatic heterocycles. The standard InChI is InChI=1S/C22H22BrClN4O3/c1-31-12-18(21-25-16-7-6-14(24)11-17(16)26-21)27-22(30)13-5-8-19(15(23)10-13)28-9-3-2-4-20(28)29/h5-8,10-11,18H,2-4,9,12H2,1H3,(H,25,26)(H,27,30). The summed E-state index contributed by atoms with van der Waals surface area (Å²) in [6, 6.07) is 10.2. The molecule has 31 heavy (non-hydrogen) atoms. The smallest absolute Gasteiger partial charge is 0.251 e. The van der Waals surface area contributed by atoms with Crippen molar-refractivity contribution in [1.29, 1.82) is 0 Å². The molecule has 2 aromatic carbocycles. The van der Waals surface area contributed by atoms with Crippen LogP contribution in [0.1, 0.15) is 41.5 Å². The summed E-state index contributed by atoms with van der Waals surface area (Å²) in [5.41, 5.74) is 2.80. The van der Waals surface area contributed by atoms with Crippen molar-refractivity contribution in [2.75, 3.05) is 25.2 Å². The van der Waals surface area contributed by atoms with Crippen LogP contribution in [0.4, 0.5) is 5.69 Å². The number of aromatic nitrogens is 2. The number of fused-ring (bicyclic) bond motifs is 1. The first-order chi connectivity index (χ1) is 15.0. The van der Waals surface area contributed by atoms with E-state index < -0.39 is 6.04 Å². The Labute approximate surface area is 193 Å². The van der Waals surface area contributed by atoms with Crippen molar-refractivity contribution >= 4 is 56.1 Å². The van der Waals surface area contributed by atoms with Gasteiger partial charge in [0.25, 0.3) is 5.91 Å². The molecule has 1 aliphatic heterocycles. The third-order valence-corrected chi connectivity index (χ3v) is 6.13. The number of ether oxygens (including phenoxy) is 1. The number of hydrogen-bond acceptors (Lipinski definition) is 4. The normalized spacial score (nSPS) is 15.3. The monoisotopic (exact) mass is 504 g/mol. The van der Waals surface area contributed by atoms with E-state index in [1.54, 1.807) is 42.3 Å². The molecule has 1 saturated heterocycles. The molecule has 0 spiro atoms. The van der Waals surface area contributed by atoms with Crippen LogP contribution < -0.4 is 10.2 Å². The molecular formula is C22H22BrClN4O3. The van der Waals surface area contributed by atoms with Crippen molar-refractivity contribution in [1.82, 2.24) is 15.3 Å². The van der Waals surface area contributed by atoms with E-state index >= 15 is 0 Å². The first-order valence-electron chi connectivity index (χ1n) is 10.0. The Morgan fingerprint density at radius 1 is 1.32 bits per heavy atom. The number of rotatable bonds is 6. The van der Waals surface area contributed by atoms with Gasteiger partial charge in [-0.05, 0) is 65.2 Å². The van der Waals surface area contributed by atoms with Crippen LogP contribution >= 0.6 is 27.5 Å². The highest BCUT2D eigenvalue weighted by molar-refractivity contribution is 9.10. The van der Waals surface area contributed by atoms with Crippen LogP contribution in [0.15, 0.2) is 40.9 Å². The van der Waals surface area contributed by atoms with Gasteiger partial charge in [-0.3, -0.25) is 9.59 Å². The molecule has 1 aliphatic rings. The van der Waals surface area contributed by atoms with Crippen LogP contribution in [0.3, 0.4) is 0 Å². The number of nitrogens with zero attached hydrogens (tertiary/aromatic N) is 2. The average molecular weight is 506 g/mol. The van der Waals surface area contributed by atoms with Gasteiger partial charge >= 0.3 is 0 Å². The van der Waals surface area contributed by atoms with Crippen molar-refractivity contribution in [3.05, 3.63) is 57.3 Å². The molecule has 1 unspecified atom stereocenters. The fourth-order valence-corrected chi connectivity index (χ4v) is 4.46. The summed E-state index contributed by atoms with van der Waals surface area (Å²) in [4.78, 5) is 34.7. The molecule has 0 saturated carbocycles. The van der Waals surface area contributed by atoms with Crippen molar-refractivity contribution in [3.63, 3.8) is 0 Å². The average Bonchev–Trinajstić information content (AvgIpc) is 3.17. The minimum absolute atomic E-state index is 0.106. The van der Waals surface area contributed by atoms with E-state index in [0.717, 1.165) is 29.6 Å². The second-order valence-electron chi connectivity index (χ2n) is 7.43. The van der Waals surface area contributed by atoms with Gasteiger partial charge in [-0.2, -0.15) is 0 Å². The number of H-pyrrole nitrogens is 1. The molecule has 0 bridgehead atoms. The third kappa shape index (κ3) is 4.76. The molecule has 1 atom stereocenters. The Morgan fingerprint density at radius 2 is 2.16 bits per heavy atom. The lowest BCUT2D eigenvalue weighted by molar-refractivity contribution is -0.119. The number of amides is 2. The zero-order chi connectivity index (χ0) is 22.0. The van der Waals surface area contributed by atoms with E-state index in [1.165, 1.54) is 0 Å². The summed E-state index contributed by atoms with van der Waals surface area (Å²) in [6.07, 6.45) is 2.44. The first kappa shape index (κ1) is 21.8. The molecule has 4 rings (SSSR count). The summed E-state index contributed by atoms with van der Waals surface area (Å²) in [7, 11) is 1.57. The quantitative estimate of drug-likeness (QED) is 0.512. The highest BCUT2D eigenvalue weighted by Crippen LogP contribution is 2.30. The second kappa shape index (κ2) is 9.38. The molecule has 2 N–H and O–H groups in total. The van der Waals surface area contributed by atoms with Crippen LogP contribution in [-0.4, -0.2) is 42.0 Å². The molecular weight excluding hydrogens is 484 g/mol. The van der Waals surface area contributed by atoms with Gasteiger partial charge in [0, 0.05) is 35.1 Å². The molecule has 2 heterocycles. The van der Waals surface area contributed by atoms with Gasteiger partial charge in [-0.1, -0.05) is 11.6 Å². The lowest BCUT2D eigenvalue weighted by Crippen LogP contribution is -2.35. The van der Waals surface area contributed by atoms with E-state index in [4.69, 9.17) is 16.3 Å². The number of nitrogens with one attached hydrogen (secondary N) is 2. The van der Waals surface area contributed by atoms with Gasteiger partial charge in [-0.25, -0.2) is 4.98 Å². The molecule has 7 nitrogen and oxygen atoms in total. The maximum Gasteiger partial charge on any atom is 0.251 e. The van der Waals surface area contributed by atoms with Crippen molar-refractivity contribution in [3.8, 4) is 0 Å². The van der Waals surface area contributed by atoms with E-state index in [2.05, 4.69) is 31.2 Å². The summed E-state index contributed by atoms with van der Waals surface area (Å²) in [6.45, 7) is 0.940. The van der Waals surface area contributed by atoms with Crippen molar-refractivity contribution in [2.24, 2.45) is 0 Å². The zero-order valence-electron chi connectivity index (χ0n) is 17.0. The number of carbonyl (C=O) groups excluding carboxylic acids is 2. The molecule has 0 aliphatic carbocycles. The summed E-state index contributed by atoms with van der Waals surface area (Å²) < 4.78 is 6.00. The lowest BCUT2D eigenvalue weighted by atomic mass is 10.1. The minimum Gasteiger partial charge on any atom is -0.382 e. The van der Waals surface area contributed by atoms with Gasteiger partial charge < -0.3 is 19.9 Å². The van der Waals surface area contributed by atoms with Crippen LogP contribution in [0.5, 0.6) is 0 Å². The van der Waals surface area contributed by atoms with Gasteiger partial charge in [-0.15, -0.1) is 0 Å². The fraction of sp³-hybridized carbons (Fsp3) is 0.318. The second-order valence-corrected chi connectivity index (χ2v) is 8.72. The summed E-state index contributed by atoms with van der Waals surface area (Å²) in [5, 5.41) is 3.57. The number of carbonyl (C=O) groups is 2. The number of piperidine rings is 1. The molecule has 1 fully saturated rings. The van der Waals surface area contributed by atoms with Crippen LogP contribution in [0.25, 0.3) is 11.0 Å². The predicted molar refractivity (Wildman–Crippen MR) is 124 cm³/mol. The zero-order valence-corrected chi connectivity index (χ0v) is 19.3. The highest BCUT2D eigenvalue weighted by Gasteiger charge is 2.23. The Balaban J connectivity index is 1.54. The topological polar surface area (TPSA) is 87.3 Å². The van der Waals surface area contributed by atoms with Crippen molar-refractivity contribution < 1.29 is 14.3 Å². The van der Waals surface area contributed by atoms with E-state index in [1.807, 2.05) is 6.07 Å². The van der Waals surface area contributed by atoms with Crippen LogP contribution in [0, 0.1) is 0 Å². The number of halogens is 2. The third-order valence-electron chi connectivity index (χ3n) is 5.26. The van der Waals surface area contributed by atoms with Gasteiger partial charge in [0.2, 0.25) is 5.91 Å². The number of benzene rings is 2. The minimum atomic E-state index is -0.467. The summed E-state index contributed by atoms with van der Waals surface area (Å²) in [5.74, 6) is 0.425. The predicted octanol–water partition coefficient (Wildman–Crippen LogP) is 4.61. The Kier molecular flexibility index (Phi) is 6.60. The highest BCUT2D eigenvalue weighted by atomic mass is 79.9. The molecule has 162 valence electrons. The number of imidazole rings is 1. The fourth-order valence-electron chi connectivity index (χ4n) is 3.69. The van der Waals surface area contributed by atoms with Crippen LogP contribution in [0.2, 0.25) is 5.02 Å². The number of aromatic amines is 1. The van der Waals surface area contributed by atoms with Crippen LogP contribution in [-0.2, 0) is 9.53 Å². The van der Waals surface area contributed by atoms with E-state index in [0.29, 0.717) is 33.8 Å². The van der Waals surface area contributed by atoms with Gasteiger partial charge in [0.1, 0.15) is 11.9 Å². The Bertz CT molecular complexity index is 1130. The molecule has 0 radical (unpaired) electrons. The maximum absolute atomic E-state index is 12.9.